The SMILES string of the molecule is CCON(C(=O)c1ccccc1)S(=O)(=O)c1ccc(NC(=O)N(C)C)cc1. The minimum atomic E-state index is -4.23. The average molecular weight is 391 g/mol. The molecule has 0 bridgehead atoms. The Morgan fingerprint density at radius 2 is 1.59 bits per heavy atom. The van der Waals surface area contributed by atoms with Crippen LogP contribution in [0.4, 0.5) is 10.5 Å². The molecule has 27 heavy (non-hydrogen) atoms. The van der Waals surface area contributed by atoms with Crippen LogP contribution >= 0.6 is 0 Å². The van der Waals surface area contributed by atoms with Gasteiger partial charge in [0.15, 0.2) is 0 Å². The summed E-state index contributed by atoms with van der Waals surface area (Å²) in [6, 6.07) is 13.1. The second-order valence-corrected chi connectivity index (χ2v) is 7.42. The summed E-state index contributed by atoms with van der Waals surface area (Å²) in [5.41, 5.74) is 0.606. The monoisotopic (exact) mass is 391 g/mol. The number of benzene rings is 2. The number of hydrogen-bond acceptors (Lipinski definition) is 5. The Bertz CT molecular complexity index is 896. The van der Waals surface area contributed by atoms with E-state index in [0.29, 0.717) is 10.2 Å². The minimum Gasteiger partial charge on any atom is -0.331 e. The first-order valence-electron chi connectivity index (χ1n) is 8.13. The molecule has 0 saturated carbocycles. The zero-order chi connectivity index (χ0) is 20.0. The van der Waals surface area contributed by atoms with Crippen LogP contribution in [-0.4, -0.2) is 50.4 Å². The van der Waals surface area contributed by atoms with Gasteiger partial charge in [-0.05, 0) is 43.3 Å². The fourth-order valence-electron chi connectivity index (χ4n) is 2.08. The van der Waals surface area contributed by atoms with Crippen LogP contribution in [0.3, 0.4) is 0 Å². The number of rotatable bonds is 6. The topological polar surface area (TPSA) is 96.0 Å². The Kier molecular flexibility index (Phi) is 6.54. The molecule has 9 heteroatoms. The zero-order valence-corrected chi connectivity index (χ0v) is 16.1. The maximum atomic E-state index is 12.9. The number of nitrogens with one attached hydrogen (secondary N) is 1. The lowest BCUT2D eigenvalue weighted by Gasteiger charge is -2.21. The van der Waals surface area contributed by atoms with E-state index >= 15 is 0 Å². The van der Waals surface area contributed by atoms with Gasteiger partial charge in [-0.1, -0.05) is 18.2 Å². The first-order valence-corrected chi connectivity index (χ1v) is 9.57. The van der Waals surface area contributed by atoms with Crippen LogP contribution in [0, 0.1) is 0 Å². The smallest absolute Gasteiger partial charge is 0.321 e. The lowest BCUT2D eigenvalue weighted by molar-refractivity contribution is -0.0535. The highest BCUT2D eigenvalue weighted by Crippen LogP contribution is 2.21. The number of hydroxylamine groups is 1. The highest BCUT2D eigenvalue weighted by Gasteiger charge is 2.31. The number of nitrogens with zero attached hydrogens (tertiary/aromatic N) is 2. The van der Waals surface area contributed by atoms with Crippen molar-refractivity contribution in [1.29, 1.82) is 0 Å². The number of carbonyl (C=O) groups is 2. The van der Waals surface area contributed by atoms with Crippen LogP contribution < -0.4 is 5.32 Å². The summed E-state index contributed by atoms with van der Waals surface area (Å²) in [5.74, 6) is -0.789. The van der Waals surface area contributed by atoms with E-state index in [1.165, 1.54) is 41.3 Å². The fraction of sp³-hybridized carbons (Fsp3) is 0.222. The van der Waals surface area contributed by atoms with Crippen LogP contribution in [0.25, 0.3) is 0 Å². The Labute approximate surface area is 158 Å². The van der Waals surface area contributed by atoms with E-state index in [2.05, 4.69) is 5.32 Å². The van der Waals surface area contributed by atoms with Crippen molar-refractivity contribution in [3.05, 3.63) is 60.2 Å². The van der Waals surface area contributed by atoms with Crippen LogP contribution in [0.15, 0.2) is 59.5 Å². The minimum absolute atomic E-state index is 0.00518. The number of urea groups is 1. The average Bonchev–Trinajstić information content (AvgIpc) is 2.66. The predicted molar refractivity (Wildman–Crippen MR) is 101 cm³/mol. The van der Waals surface area contributed by atoms with Crippen molar-refractivity contribution in [2.45, 2.75) is 11.8 Å². The third-order valence-electron chi connectivity index (χ3n) is 3.46. The normalized spacial score (nSPS) is 10.9. The lowest BCUT2D eigenvalue weighted by atomic mass is 10.2. The number of carbonyl (C=O) groups excluding carboxylic acids is 2. The standard InChI is InChI=1S/C18H21N3O5S/c1-4-26-21(17(22)14-8-6-5-7-9-14)27(24,25)16-12-10-15(11-13-16)19-18(23)20(2)3/h5-13H,4H2,1-3H3,(H,19,23). The molecule has 8 nitrogen and oxygen atoms in total. The van der Waals surface area contributed by atoms with Crippen molar-refractivity contribution < 1.29 is 22.8 Å². The third kappa shape index (κ3) is 4.83. The molecule has 0 heterocycles. The van der Waals surface area contributed by atoms with Crippen molar-refractivity contribution >= 4 is 27.6 Å². The van der Waals surface area contributed by atoms with Crippen molar-refractivity contribution in [3.63, 3.8) is 0 Å². The zero-order valence-electron chi connectivity index (χ0n) is 15.2. The van der Waals surface area contributed by atoms with E-state index in [0.717, 1.165) is 0 Å². The second kappa shape index (κ2) is 8.65. The number of sulfonamides is 1. The maximum absolute atomic E-state index is 12.9. The van der Waals surface area contributed by atoms with E-state index in [1.807, 2.05) is 0 Å². The molecule has 0 saturated heterocycles. The molecule has 0 unspecified atom stereocenters. The van der Waals surface area contributed by atoms with Crippen LogP contribution in [-0.2, 0) is 14.9 Å². The van der Waals surface area contributed by atoms with Crippen molar-refractivity contribution in [3.8, 4) is 0 Å². The Balaban J connectivity index is 2.30. The summed E-state index contributed by atoms with van der Waals surface area (Å²) in [6.07, 6.45) is 0. The van der Waals surface area contributed by atoms with Gasteiger partial charge in [0.25, 0.3) is 15.9 Å². The molecular weight excluding hydrogens is 370 g/mol. The van der Waals surface area contributed by atoms with Gasteiger partial charge in [0.2, 0.25) is 0 Å². The van der Waals surface area contributed by atoms with Crippen LogP contribution in [0.5, 0.6) is 0 Å². The molecule has 1 N–H and O–H groups in total. The molecule has 0 aliphatic heterocycles. The first-order chi connectivity index (χ1) is 12.8. The van der Waals surface area contributed by atoms with E-state index in [4.69, 9.17) is 4.84 Å². The largest absolute Gasteiger partial charge is 0.331 e. The molecule has 3 amide bonds. The molecule has 2 aromatic rings. The third-order valence-corrected chi connectivity index (χ3v) is 5.04. The van der Waals surface area contributed by atoms with Crippen LogP contribution in [0.1, 0.15) is 17.3 Å². The lowest BCUT2D eigenvalue weighted by Crippen LogP contribution is -2.37. The van der Waals surface area contributed by atoms with Crippen molar-refractivity contribution in [2.75, 3.05) is 26.0 Å². The van der Waals surface area contributed by atoms with Crippen molar-refractivity contribution in [1.82, 2.24) is 9.37 Å². The van der Waals surface area contributed by atoms with Gasteiger partial charge in [0.05, 0.1) is 11.5 Å². The summed E-state index contributed by atoms with van der Waals surface area (Å²) in [4.78, 5) is 30.6. The van der Waals surface area contributed by atoms with Crippen LogP contribution in [0.2, 0.25) is 0 Å². The van der Waals surface area contributed by atoms with Gasteiger partial charge in [0, 0.05) is 25.3 Å². The van der Waals surface area contributed by atoms with Gasteiger partial charge < -0.3 is 10.2 Å². The number of anilines is 1. The predicted octanol–water partition coefficient (Wildman–Crippen LogP) is 2.56. The molecule has 0 aliphatic rings. The Hall–Kier alpha value is -2.91. The quantitative estimate of drug-likeness (QED) is 0.764. The molecule has 0 radical (unpaired) electrons. The Morgan fingerprint density at radius 3 is 2.11 bits per heavy atom. The second-order valence-electron chi connectivity index (χ2n) is 5.67. The first kappa shape index (κ1) is 20.4. The maximum Gasteiger partial charge on any atom is 0.321 e. The van der Waals surface area contributed by atoms with Gasteiger partial charge in [0.1, 0.15) is 0 Å². The molecule has 2 aromatic carbocycles. The molecule has 2 rings (SSSR count). The van der Waals surface area contributed by atoms with E-state index < -0.39 is 15.9 Å². The summed E-state index contributed by atoms with van der Waals surface area (Å²) < 4.78 is 26.1. The number of hydrogen-bond donors (Lipinski definition) is 1. The fourth-order valence-corrected chi connectivity index (χ4v) is 3.32. The molecular formula is C18H21N3O5S. The Morgan fingerprint density at radius 1 is 1.00 bits per heavy atom. The molecule has 0 aliphatic carbocycles. The van der Waals surface area contributed by atoms with E-state index in [1.54, 1.807) is 39.2 Å². The van der Waals surface area contributed by atoms with Gasteiger partial charge in [-0.2, -0.15) is 8.42 Å². The summed E-state index contributed by atoms with van der Waals surface area (Å²) in [7, 11) is -1.06. The van der Waals surface area contributed by atoms with E-state index in [-0.39, 0.29) is 23.1 Å². The summed E-state index contributed by atoms with van der Waals surface area (Å²) in [5, 5.41) is 2.60. The van der Waals surface area contributed by atoms with Gasteiger partial charge in [-0.25, -0.2) is 4.79 Å². The highest BCUT2D eigenvalue weighted by atomic mass is 32.2. The summed E-state index contributed by atoms with van der Waals surface area (Å²) >= 11 is 0. The van der Waals surface area contributed by atoms with E-state index in [9.17, 15) is 18.0 Å². The number of amides is 3. The molecule has 0 atom stereocenters. The van der Waals surface area contributed by atoms with Gasteiger partial charge in [-0.15, -0.1) is 4.47 Å². The molecule has 0 fully saturated rings. The molecule has 0 spiro atoms. The van der Waals surface area contributed by atoms with Gasteiger partial charge in [-0.3, -0.25) is 9.63 Å². The summed E-state index contributed by atoms with van der Waals surface area (Å²) in [6.45, 7) is 1.58. The molecule has 0 aromatic heterocycles. The highest BCUT2D eigenvalue weighted by molar-refractivity contribution is 7.89. The van der Waals surface area contributed by atoms with Crippen molar-refractivity contribution in [2.24, 2.45) is 0 Å². The molecule has 144 valence electrons. The van der Waals surface area contributed by atoms with Gasteiger partial charge >= 0.3 is 6.03 Å².